The van der Waals surface area contributed by atoms with E-state index in [0.717, 1.165) is 31.6 Å². The molecule has 1 atom stereocenters. The highest BCUT2D eigenvalue weighted by molar-refractivity contribution is 5.78. The Kier molecular flexibility index (Phi) is 4.97. The highest BCUT2D eigenvalue weighted by Crippen LogP contribution is 2.11. The SMILES string of the molecule is CC(C)C1CN(C(=O)Cc2ccccc2)CCCN1. The fraction of sp³-hybridized carbons (Fsp3) is 0.562. The quantitative estimate of drug-likeness (QED) is 0.902. The fourth-order valence-electron chi connectivity index (χ4n) is 2.51. The van der Waals surface area contributed by atoms with Gasteiger partial charge in [-0.3, -0.25) is 4.79 Å². The van der Waals surface area contributed by atoms with Crippen LogP contribution in [0.25, 0.3) is 0 Å². The van der Waals surface area contributed by atoms with Gasteiger partial charge in [-0.05, 0) is 24.4 Å². The van der Waals surface area contributed by atoms with Gasteiger partial charge in [-0.15, -0.1) is 0 Å². The fourth-order valence-corrected chi connectivity index (χ4v) is 2.51. The molecule has 1 aromatic carbocycles. The second kappa shape index (κ2) is 6.71. The molecule has 1 aliphatic heterocycles. The number of benzene rings is 1. The minimum atomic E-state index is 0.251. The molecule has 1 unspecified atom stereocenters. The van der Waals surface area contributed by atoms with Gasteiger partial charge < -0.3 is 10.2 Å². The van der Waals surface area contributed by atoms with Crippen molar-refractivity contribution >= 4 is 5.91 Å². The summed E-state index contributed by atoms with van der Waals surface area (Å²) in [5.74, 6) is 0.811. The monoisotopic (exact) mass is 260 g/mol. The molecular weight excluding hydrogens is 236 g/mol. The van der Waals surface area contributed by atoms with Crippen LogP contribution >= 0.6 is 0 Å². The van der Waals surface area contributed by atoms with Gasteiger partial charge in [0.15, 0.2) is 0 Å². The van der Waals surface area contributed by atoms with Crippen LogP contribution in [0, 0.1) is 5.92 Å². The summed E-state index contributed by atoms with van der Waals surface area (Å²) >= 11 is 0. The molecule has 1 N–H and O–H groups in total. The largest absolute Gasteiger partial charge is 0.341 e. The van der Waals surface area contributed by atoms with Gasteiger partial charge in [0, 0.05) is 19.1 Å². The second-order valence-electron chi connectivity index (χ2n) is 5.66. The first kappa shape index (κ1) is 14.1. The van der Waals surface area contributed by atoms with E-state index in [-0.39, 0.29) is 5.91 Å². The Bertz CT molecular complexity index is 402. The molecule has 1 aromatic rings. The zero-order chi connectivity index (χ0) is 13.7. The normalized spacial score (nSPS) is 20.4. The first-order valence-electron chi connectivity index (χ1n) is 7.22. The third-order valence-corrected chi connectivity index (χ3v) is 3.78. The molecule has 0 aromatic heterocycles. The second-order valence-corrected chi connectivity index (χ2v) is 5.66. The van der Waals surface area contributed by atoms with Gasteiger partial charge in [0.2, 0.25) is 5.91 Å². The number of nitrogens with one attached hydrogen (secondary N) is 1. The molecule has 0 spiro atoms. The summed E-state index contributed by atoms with van der Waals surface area (Å²) < 4.78 is 0. The lowest BCUT2D eigenvalue weighted by atomic mass is 10.0. The Hall–Kier alpha value is -1.35. The predicted octanol–water partition coefficient (Wildman–Crippen LogP) is 2.08. The topological polar surface area (TPSA) is 32.3 Å². The van der Waals surface area contributed by atoms with Crippen molar-refractivity contribution in [1.29, 1.82) is 0 Å². The van der Waals surface area contributed by atoms with Crippen molar-refractivity contribution in [2.45, 2.75) is 32.7 Å². The number of amides is 1. The van der Waals surface area contributed by atoms with Gasteiger partial charge in [-0.1, -0.05) is 44.2 Å². The van der Waals surface area contributed by atoms with Gasteiger partial charge >= 0.3 is 0 Å². The average molecular weight is 260 g/mol. The summed E-state index contributed by atoms with van der Waals surface area (Å²) in [4.78, 5) is 14.4. The summed E-state index contributed by atoms with van der Waals surface area (Å²) in [6, 6.07) is 10.4. The maximum absolute atomic E-state index is 12.4. The minimum Gasteiger partial charge on any atom is -0.341 e. The molecule has 1 saturated heterocycles. The van der Waals surface area contributed by atoms with Crippen molar-refractivity contribution in [1.82, 2.24) is 10.2 Å². The molecule has 1 heterocycles. The lowest BCUT2D eigenvalue weighted by molar-refractivity contribution is -0.130. The summed E-state index contributed by atoms with van der Waals surface area (Å²) in [6.45, 7) is 7.15. The van der Waals surface area contributed by atoms with E-state index in [9.17, 15) is 4.79 Å². The van der Waals surface area contributed by atoms with E-state index in [1.165, 1.54) is 0 Å². The summed E-state index contributed by atoms with van der Waals surface area (Å²) in [6.07, 6.45) is 1.56. The van der Waals surface area contributed by atoms with Crippen molar-refractivity contribution in [3.05, 3.63) is 35.9 Å². The molecule has 0 saturated carbocycles. The molecule has 2 rings (SSSR count). The summed E-state index contributed by atoms with van der Waals surface area (Å²) in [5, 5.41) is 3.54. The molecular formula is C16H24N2O. The van der Waals surface area contributed by atoms with Crippen LogP contribution in [0.5, 0.6) is 0 Å². The smallest absolute Gasteiger partial charge is 0.227 e. The van der Waals surface area contributed by atoms with Crippen molar-refractivity contribution < 1.29 is 4.79 Å². The number of rotatable bonds is 3. The number of carbonyl (C=O) groups excluding carboxylic acids is 1. The first-order chi connectivity index (χ1) is 9.16. The molecule has 1 aliphatic rings. The van der Waals surface area contributed by atoms with Crippen molar-refractivity contribution in [2.24, 2.45) is 5.92 Å². The molecule has 1 amide bonds. The van der Waals surface area contributed by atoms with Gasteiger partial charge in [0.25, 0.3) is 0 Å². The number of carbonyl (C=O) groups is 1. The van der Waals surface area contributed by atoms with Gasteiger partial charge in [-0.25, -0.2) is 0 Å². The highest BCUT2D eigenvalue weighted by atomic mass is 16.2. The molecule has 19 heavy (non-hydrogen) atoms. The predicted molar refractivity (Wildman–Crippen MR) is 78.0 cm³/mol. The van der Waals surface area contributed by atoms with E-state index in [2.05, 4.69) is 19.2 Å². The van der Waals surface area contributed by atoms with Crippen molar-refractivity contribution in [3.63, 3.8) is 0 Å². The lowest BCUT2D eigenvalue weighted by Gasteiger charge is -2.27. The number of hydrogen-bond acceptors (Lipinski definition) is 2. The van der Waals surface area contributed by atoms with Crippen LogP contribution in [-0.4, -0.2) is 36.5 Å². The van der Waals surface area contributed by atoms with E-state index < -0.39 is 0 Å². The van der Waals surface area contributed by atoms with E-state index in [1.807, 2.05) is 35.2 Å². The van der Waals surface area contributed by atoms with E-state index in [4.69, 9.17) is 0 Å². The molecule has 0 radical (unpaired) electrons. The molecule has 0 bridgehead atoms. The van der Waals surface area contributed by atoms with Crippen LogP contribution < -0.4 is 5.32 Å². The Morgan fingerprint density at radius 1 is 1.37 bits per heavy atom. The Balaban J connectivity index is 1.97. The maximum Gasteiger partial charge on any atom is 0.227 e. The minimum absolute atomic E-state index is 0.251. The third kappa shape index (κ3) is 4.06. The Labute approximate surface area is 116 Å². The van der Waals surface area contributed by atoms with E-state index >= 15 is 0 Å². The molecule has 0 aliphatic carbocycles. The summed E-state index contributed by atoms with van der Waals surface area (Å²) in [5.41, 5.74) is 1.10. The average Bonchev–Trinajstić information content (AvgIpc) is 2.65. The standard InChI is InChI=1S/C16H24N2O/c1-13(2)15-12-18(10-6-9-17-15)16(19)11-14-7-4-3-5-8-14/h3-5,7-8,13,15,17H,6,9-12H2,1-2H3. The van der Waals surface area contributed by atoms with E-state index in [0.29, 0.717) is 18.4 Å². The summed E-state index contributed by atoms with van der Waals surface area (Å²) in [7, 11) is 0. The Morgan fingerprint density at radius 3 is 2.79 bits per heavy atom. The van der Waals surface area contributed by atoms with Crippen LogP contribution in [0.1, 0.15) is 25.8 Å². The third-order valence-electron chi connectivity index (χ3n) is 3.78. The van der Waals surface area contributed by atoms with Crippen LogP contribution in [-0.2, 0) is 11.2 Å². The van der Waals surface area contributed by atoms with Gasteiger partial charge in [0.1, 0.15) is 0 Å². The molecule has 3 heteroatoms. The Morgan fingerprint density at radius 2 is 2.11 bits per heavy atom. The van der Waals surface area contributed by atoms with Crippen molar-refractivity contribution in [2.75, 3.05) is 19.6 Å². The van der Waals surface area contributed by atoms with Gasteiger partial charge in [0.05, 0.1) is 6.42 Å². The zero-order valence-corrected chi connectivity index (χ0v) is 11.9. The van der Waals surface area contributed by atoms with Crippen molar-refractivity contribution in [3.8, 4) is 0 Å². The number of hydrogen-bond donors (Lipinski definition) is 1. The maximum atomic E-state index is 12.4. The van der Waals surface area contributed by atoms with E-state index in [1.54, 1.807) is 0 Å². The van der Waals surface area contributed by atoms with Crippen LogP contribution in [0.15, 0.2) is 30.3 Å². The first-order valence-corrected chi connectivity index (χ1v) is 7.22. The van der Waals surface area contributed by atoms with Crippen LogP contribution in [0.3, 0.4) is 0 Å². The lowest BCUT2D eigenvalue weighted by Crippen LogP contribution is -2.43. The highest BCUT2D eigenvalue weighted by Gasteiger charge is 2.23. The van der Waals surface area contributed by atoms with Gasteiger partial charge in [-0.2, -0.15) is 0 Å². The molecule has 104 valence electrons. The zero-order valence-electron chi connectivity index (χ0n) is 11.9. The number of nitrogens with zero attached hydrogens (tertiary/aromatic N) is 1. The van der Waals surface area contributed by atoms with Crippen LogP contribution in [0.4, 0.5) is 0 Å². The molecule has 3 nitrogen and oxygen atoms in total. The molecule has 1 fully saturated rings. The van der Waals surface area contributed by atoms with Crippen LogP contribution in [0.2, 0.25) is 0 Å².